The molecule has 25 heavy (non-hydrogen) atoms. The van der Waals surface area contributed by atoms with Gasteiger partial charge in [-0.25, -0.2) is 0 Å². The Labute approximate surface area is 146 Å². The Kier molecular flexibility index (Phi) is 4.74. The Hall–Kier alpha value is -2.82. The molecule has 0 fully saturated rings. The van der Waals surface area contributed by atoms with Crippen molar-refractivity contribution in [2.45, 2.75) is 12.8 Å². The Balaban J connectivity index is 2.19. The molecule has 2 aromatic rings. The molecular formula is C20H20O5. The molecule has 1 aliphatic rings. The molecule has 1 aliphatic carbocycles. The molecule has 2 aromatic carbocycles. The summed E-state index contributed by atoms with van der Waals surface area (Å²) in [5.74, 6) is -1.05. The van der Waals surface area contributed by atoms with Crippen molar-refractivity contribution in [3.8, 4) is 11.5 Å². The SMILES string of the molecule is CCOC(=O)[C@@H]1C(=O)c2cc(OC)c(OC)cc2[C@H]1c1ccccc1. The zero-order valence-electron chi connectivity index (χ0n) is 14.4. The van der Waals surface area contributed by atoms with Crippen molar-refractivity contribution in [3.63, 3.8) is 0 Å². The largest absolute Gasteiger partial charge is 0.493 e. The van der Waals surface area contributed by atoms with Crippen LogP contribution in [0.2, 0.25) is 0 Å². The highest BCUT2D eigenvalue weighted by molar-refractivity contribution is 6.14. The fourth-order valence-corrected chi connectivity index (χ4v) is 3.37. The van der Waals surface area contributed by atoms with Gasteiger partial charge in [-0.05, 0) is 30.2 Å². The summed E-state index contributed by atoms with van der Waals surface area (Å²) in [4.78, 5) is 25.5. The van der Waals surface area contributed by atoms with Crippen molar-refractivity contribution in [2.75, 3.05) is 20.8 Å². The van der Waals surface area contributed by atoms with E-state index in [0.717, 1.165) is 11.1 Å². The minimum absolute atomic E-state index is 0.229. The second-order valence-corrected chi connectivity index (χ2v) is 5.78. The van der Waals surface area contributed by atoms with E-state index >= 15 is 0 Å². The van der Waals surface area contributed by atoms with Crippen LogP contribution in [-0.4, -0.2) is 32.6 Å². The predicted octanol–water partition coefficient (Wildman–Crippen LogP) is 3.21. The molecule has 0 saturated carbocycles. The van der Waals surface area contributed by atoms with Crippen LogP contribution < -0.4 is 9.47 Å². The first-order chi connectivity index (χ1) is 12.1. The fraction of sp³-hybridized carbons (Fsp3) is 0.300. The van der Waals surface area contributed by atoms with Crippen molar-refractivity contribution < 1.29 is 23.8 Å². The van der Waals surface area contributed by atoms with Gasteiger partial charge in [0.05, 0.1) is 20.8 Å². The molecule has 0 aromatic heterocycles. The summed E-state index contributed by atoms with van der Waals surface area (Å²) in [6.45, 7) is 1.96. The maximum Gasteiger partial charge on any atom is 0.317 e. The van der Waals surface area contributed by atoms with Gasteiger partial charge in [0.1, 0.15) is 5.92 Å². The molecule has 0 heterocycles. The van der Waals surface area contributed by atoms with Gasteiger partial charge >= 0.3 is 5.97 Å². The van der Waals surface area contributed by atoms with E-state index in [2.05, 4.69) is 0 Å². The number of fused-ring (bicyclic) bond motifs is 1. The third kappa shape index (κ3) is 2.86. The van der Waals surface area contributed by atoms with E-state index in [-0.39, 0.29) is 12.4 Å². The van der Waals surface area contributed by atoms with Crippen LogP contribution in [0, 0.1) is 5.92 Å². The van der Waals surface area contributed by atoms with Gasteiger partial charge in [0.2, 0.25) is 0 Å². The van der Waals surface area contributed by atoms with Crippen LogP contribution >= 0.6 is 0 Å². The highest BCUT2D eigenvalue weighted by Gasteiger charge is 2.46. The third-order valence-electron chi connectivity index (χ3n) is 4.47. The van der Waals surface area contributed by atoms with Crippen LogP contribution in [-0.2, 0) is 9.53 Å². The van der Waals surface area contributed by atoms with Gasteiger partial charge in [0.15, 0.2) is 17.3 Å². The normalized spacial score (nSPS) is 18.6. The number of hydrogen-bond acceptors (Lipinski definition) is 5. The molecular weight excluding hydrogens is 320 g/mol. The molecule has 0 radical (unpaired) electrons. The number of ether oxygens (including phenoxy) is 3. The lowest BCUT2D eigenvalue weighted by molar-refractivity contribution is -0.146. The zero-order chi connectivity index (χ0) is 18.0. The number of esters is 1. The molecule has 0 aliphatic heterocycles. The lowest BCUT2D eigenvalue weighted by Crippen LogP contribution is -2.27. The molecule has 0 saturated heterocycles. The van der Waals surface area contributed by atoms with Crippen molar-refractivity contribution in [2.24, 2.45) is 5.92 Å². The summed E-state index contributed by atoms with van der Waals surface area (Å²) < 4.78 is 15.8. The van der Waals surface area contributed by atoms with Crippen LogP contribution in [0.3, 0.4) is 0 Å². The van der Waals surface area contributed by atoms with Gasteiger partial charge in [-0.3, -0.25) is 9.59 Å². The van der Waals surface area contributed by atoms with Crippen LogP contribution in [0.15, 0.2) is 42.5 Å². The summed E-state index contributed by atoms with van der Waals surface area (Å²) >= 11 is 0. The first kappa shape index (κ1) is 17.0. The lowest BCUT2D eigenvalue weighted by atomic mass is 9.85. The highest BCUT2D eigenvalue weighted by Crippen LogP contribution is 2.46. The van der Waals surface area contributed by atoms with Crippen LogP contribution in [0.5, 0.6) is 11.5 Å². The maximum atomic E-state index is 13.0. The van der Waals surface area contributed by atoms with Gasteiger partial charge in [-0.1, -0.05) is 30.3 Å². The summed E-state index contributed by atoms with van der Waals surface area (Å²) in [6, 6.07) is 12.9. The van der Waals surface area contributed by atoms with Gasteiger partial charge in [-0.2, -0.15) is 0 Å². The maximum absolute atomic E-state index is 13.0. The van der Waals surface area contributed by atoms with E-state index in [1.165, 1.54) is 7.11 Å². The van der Waals surface area contributed by atoms with Gasteiger partial charge < -0.3 is 14.2 Å². The van der Waals surface area contributed by atoms with Crippen molar-refractivity contribution in [1.82, 2.24) is 0 Å². The zero-order valence-corrected chi connectivity index (χ0v) is 14.4. The van der Waals surface area contributed by atoms with Gasteiger partial charge in [-0.15, -0.1) is 0 Å². The van der Waals surface area contributed by atoms with Crippen LogP contribution in [0.1, 0.15) is 34.3 Å². The molecule has 0 N–H and O–H groups in total. The molecule has 2 atom stereocenters. The van der Waals surface area contributed by atoms with E-state index in [4.69, 9.17) is 14.2 Å². The standard InChI is InChI=1S/C20H20O5/c1-4-25-20(22)18-17(12-8-6-5-7-9-12)13-10-15(23-2)16(24-3)11-14(13)19(18)21/h5-11,17-18H,4H2,1-3H3/t17-,18+/m1/s1. The lowest BCUT2D eigenvalue weighted by Gasteiger charge is -2.19. The van der Waals surface area contributed by atoms with Crippen molar-refractivity contribution >= 4 is 11.8 Å². The summed E-state index contributed by atoms with van der Waals surface area (Å²) in [5.41, 5.74) is 2.12. The molecule has 130 valence electrons. The Morgan fingerprint density at radius 2 is 1.68 bits per heavy atom. The minimum Gasteiger partial charge on any atom is -0.493 e. The fourth-order valence-electron chi connectivity index (χ4n) is 3.37. The topological polar surface area (TPSA) is 61.8 Å². The number of Topliss-reactive ketones (excluding diaryl/α,β-unsaturated/α-hetero) is 1. The first-order valence-electron chi connectivity index (χ1n) is 8.14. The number of methoxy groups -OCH3 is 2. The number of hydrogen-bond donors (Lipinski definition) is 0. The van der Waals surface area contributed by atoms with E-state index in [1.807, 2.05) is 30.3 Å². The minimum atomic E-state index is -0.894. The van der Waals surface area contributed by atoms with Crippen LogP contribution in [0.4, 0.5) is 0 Å². The average Bonchev–Trinajstić information content (AvgIpc) is 2.93. The van der Waals surface area contributed by atoms with E-state index in [1.54, 1.807) is 26.2 Å². The molecule has 5 heteroatoms. The van der Waals surface area contributed by atoms with Gasteiger partial charge in [0.25, 0.3) is 0 Å². The van der Waals surface area contributed by atoms with E-state index < -0.39 is 17.8 Å². The number of carbonyl (C=O) groups is 2. The molecule has 3 rings (SSSR count). The number of ketones is 1. The predicted molar refractivity (Wildman–Crippen MR) is 92.3 cm³/mol. The molecule has 0 unspecified atom stereocenters. The number of rotatable bonds is 5. The van der Waals surface area contributed by atoms with Crippen molar-refractivity contribution in [1.29, 1.82) is 0 Å². The number of benzene rings is 2. The molecule has 0 amide bonds. The Bertz CT molecular complexity index is 797. The first-order valence-corrected chi connectivity index (χ1v) is 8.14. The molecule has 0 bridgehead atoms. The summed E-state index contributed by atoms with van der Waals surface area (Å²) in [6.07, 6.45) is 0. The second kappa shape index (κ2) is 6.97. The smallest absolute Gasteiger partial charge is 0.317 e. The molecule has 0 spiro atoms. The third-order valence-corrected chi connectivity index (χ3v) is 4.47. The second-order valence-electron chi connectivity index (χ2n) is 5.78. The highest BCUT2D eigenvalue weighted by atomic mass is 16.5. The Morgan fingerprint density at radius 3 is 2.28 bits per heavy atom. The quantitative estimate of drug-likeness (QED) is 0.618. The van der Waals surface area contributed by atoms with Crippen LogP contribution in [0.25, 0.3) is 0 Å². The average molecular weight is 340 g/mol. The molecule has 5 nitrogen and oxygen atoms in total. The van der Waals surface area contributed by atoms with E-state index in [0.29, 0.717) is 17.1 Å². The van der Waals surface area contributed by atoms with E-state index in [9.17, 15) is 9.59 Å². The summed E-state index contributed by atoms with van der Waals surface area (Å²) in [7, 11) is 3.06. The summed E-state index contributed by atoms with van der Waals surface area (Å²) in [5, 5.41) is 0. The Morgan fingerprint density at radius 1 is 1.04 bits per heavy atom. The van der Waals surface area contributed by atoms with Crippen molar-refractivity contribution in [3.05, 3.63) is 59.2 Å². The van der Waals surface area contributed by atoms with Gasteiger partial charge in [0, 0.05) is 11.5 Å². The number of carbonyl (C=O) groups excluding carboxylic acids is 2. The monoisotopic (exact) mass is 340 g/mol.